The van der Waals surface area contributed by atoms with E-state index in [-0.39, 0.29) is 33.0 Å². The van der Waals surface area contributed by atoms with Gasteiger partial charge in [-0.15, -0.1) is 0 Å². The maximum absolute atomic E-state index is 11.6. The highest BCUT2D eigenvalue weighted by Crippen LogP contribution is 2.29. The van der Waals surface area contributed by atoms with Crippen molar-refractivity contribution in [3.63, 3.8) is 0 Å². The predicted octanol–water partition coefficient (Wildman–Crippen LogP) is 3.21. The summed E-state index contributed by atoms with van der Waals surface area (Å²) >= 11 is 6.04. The van der Waals surface area contributed by atoms with E-state index in [4.69, 9.17) is 21.9 Å². The first-order chi connectivity index (χ1) is 12.9. The van der Waals surface area contributed by atoms with Crippen LogP contribution in [0.15, 0.2) is 33.8 Å². The molecule has 3 N–H and O–H groups in total. The smallest absolute Gasteiger partial charge is 0.263 e. The first-order valence-electron chi connectivity index (χ1n) is 8.19. The van der Waals surface area contributed by atoms with Crippen LogP contribution in [0.2, 0.25) is 5.02 Å². The Bertz CT molecular complexity index is 1140. The van der Waals surface area contributed by atoms with Gasteiger partial charge < -0.3 is 15.6 Å². The molecule has 0 bridgehead atoms. The first-order valence-corrected chi connectivity index (χ1v) is 10.5. The van der Waals surface area contributed by atoms with Crippen LogP contribution < -0.4 is 11.1 Å². The van der Waals surface area contributed by atoms with Crippen molar-refractivity contribution in [2.45, 2.75) is 31.1 Å². The Hall–Kier alpha value is -2.72. The second-order valence-corrected chi connectivity index (χ2v) is 9.60. The Kier molecular flexibility index (Phi) is 5.02. The van der Waals surface area contributed by atoms with E-state index in [0.717, 1.165) is 6.26 Å². The summed E-state index contributed by atoms with van der Waals surface area (Å²) in [4.78, 5) is 12.8. The molecule has 1 aromatic carbocycles. The summed E-state index contributed by atoms with van der Waals surface area (Å²) in [5.74, 6) is 1.14. The normalized spacial score (nSPS) is 12.2. The molecule has 0 atom stereocenters. The Labute approximate surface area is 167 Å². The zero-order valence-corrected chi connectivity index (χ0v) is 17.3. The molecule has 0 unspecified atom stereocenters. The van der Waals surface area contributed by atoms with Crippen molar-refractivity contribution >= 4 is 38.9 Å². The van der Waals surface area contributed by atoms with Crippen molar-refractivity contribution in [3.05, 3.63) is 35.2 Å². The number of nitrogens with two attached hydrogens (primary N) is 1. The van der Waals surface area contributed by atoms with Gasteiger partial charge in [0.05, 0.1) is 9.92 Å². The average molecular weight is 423 g/mol. The molecule has 2 heterocycles. The number of benzene rings is 1. The van der Waals surface area contributed by atoms with E-state index >= 15 is 0 Å². The van der Waals surface area contributed by atoms with Gasteiger partial charge in [-0.3, -0.25) is 0 Å². The molecular weight excluding hydrogens is 404 g/mol. The molecule has 2 aromatic heterocycles. The van der Waals surface area contributed by atoms with Crippen LogP contribution in [-0.4, -0.2) is 34.8 Å². The zero-order valence-electron chi connectivity index (χ0n) is 15.7. The second kappa shape index (κ2) is 7.02. The van der Waals surface area contributed by atoms with Gasteiger partial charge in [-0.1, -0.05) is 37.5 Å². The molecule has 0 fully saturated rings. The minimum absolute atomic E-state index is 0.0431. The summed E-state index contributed by atoms with van der Waals surface area (Å²) in [5, 5.41) is 6.98. The van der Waals surface area contributed by atoms with Crippen molar-refractivity contribution in [1.29, 1.82) is 0 Å². The Morgan fingerprint density at radius 2 is 1.93 bits per heavy atom. The number of hydrogen-bond acceptors (Lipinski definition) is 9. The van der Waals surface area contributed by atoms with Crippen LogP contribution in [-0.2, 0) is 15.3 Å². The molecule has 0 amide bonds. The number of sulfone groups is 1. The molecule has 0 aliphatic heterocycles. The van der Waals surface area contributed by atoms with Gasteiger partial charge >= 0.3 is 0 Å². The quantitative estimate of drug-likeness (QED) is 0.648. The van der Waals surface area contributed by atoms with E-state index in [1.165, 1.54) is 18.3 Å². The van der Waals surface area contributed by atoms with Gasteiger partial charge in [-0.25, -0.2) is 13.4 Å². The van der Waals surface area contributed by atoms with Crippen LogP contribution in [0.25, 0.3) is 11.5 Å². The largest absolute Gasteiger partial charge is 0.383 e. The summed E-state index contributed by atoms with van der Waals surface area (Å²) in [6, 6.07) is 4.44. The van der Waals surface area contributed by atoms with Crippen LogP contribution in [0.4, 0.5) is 17.5 Å². The second-order valence-electron chi connectivity index (χ2n) is 7.21. The first kappa shape index (κ1) is 20.0. The summed E-state index contributed by atoms with van der Waals surface area (Å²) in [7, 11) is -3.41. The monoisotopic (exact) mass is 422 g/mol. The molecular formula is C17H19ClN6O3S. The molecule has 0 saturated carbocycles. The van der Waals surface area contributed by atoms with Gasteiger partial charge in [0.15, 0.2) is 15.7 Å². The van der Waals surface area contributed by atoms with E-state index in [9.17, 15) is 8.42 Å². The van der Waals surface area contributed by atoms with Gasteiger partial charge in [0.25, 0.3) is 5.89 Å². The molecule has 0 saturated heterocycles. The lowest BCUT2D eigenvalue weighted by Crippen LogP contribution is -2.13. The fourth-order valence-corrected chi connectivity index (χ4v) is 3.60. The molecule has 0 spiro atoms. The summed E-state index contributed by atoms with van der Waals surface area (Å²) in [5.41, 5.74) is 6.67. The summed E-state index contributed by atoms with van der Waals surface area (Å²) in [6.45, 7) is 5.90. The fraction of sp³-hybridized carbons (Fsp3) is 0.294. The van der Waals surface area contributed by atoms with Gasteiger partial charge in [-0.2, -0.15) is 9.97 Å². The molecule has 0 aliphatic rings. The third kappa shape index (κ3) is 4.23. The molecule has 0 radical (unpaired) electrons. The van der Waals surface area contributed by atoms with E-state index in [0.29, 0.717) is 17.1 Å². The van der Waals surface area contributed by atoms with Crippen molar-refractivity contribution in [2.75, 3.05) is 17.3 Å². The molecule has 0 aliphatic carbocycles. The molecule has 9 nitrogen and oxygen atoms in total. The lowest BCUT2D eigenvalue weighted by molar-refractivity contribution is 0.402. The highest BCUT2D eigenvalue weighted by atomic mass is 35.5. The van der Waals surface area contributed by atoms with Crippen molar-refractivity contribution in [2.24, 2.45) is 0 Å². The standard InChI is InChI=1S/C17H19ClN6O3S/c1-17(2,3)15-23-14(27-24-15)10-8-20-16(22-13(10)19)21-9-5-6-12(11(18)7-9)28(4,25)26/h5-8H,1-4H3,(H3,19,20,21,22). The molecule has 28 heavy (non-hydrogen) atoms. The van der Waals surface area contributed by atoms with Crippen LogP contribution in [0.1, 0.15) is 26.6 Å². The number of anilines is 3. The summed E-state index contributed by atoms with van der Waals surface area (Å²) < 4.78 is 28.5. The fourth-order valence-electron chi connectivity index (χ4n) is 2.27. The molecule has 11 heteroatoms. The highest BCUT2D eigenvalue weighted by molar-refractivity contribution is 7.90. The molecule has 3 aromatic rings. The maximum atomic E-state index is 11.6. The minimum atomic E-state index is -3.41. The van der Waals surface area contributed by atoms with E-state index in [2.05, 4.69) is 25.4 Å². The van der Waals surface area contributed by atoms with E-state index < -0.39 is 9.84 Å². The average Bonchev–Trinajstić information content (AvgIpc) is 3.03. The Morgan fingerprint density at radius 1 is 1.21 bits per heavy atom. The van der Waals surface area contributed by atoms with Gasteiger partial charge in [0.1, 0.15) is 11.4 Å². The lowest BCUT2D eigenvalue weighted by Gasteiger charge is -2.11. The van der Waals surface area contributed by atoms with Crippen LogP contribution in [0.5, 0.6) is 0 Å². The number of nitrogen functional groups attached to an aromatic ring is 1. The van der Waals surface area contributed by atoms with Gasteiger partial charge in [0, 0.05) is 23.6 Å². The Balaban J connectivity index is 1.85. The number of hydrogen-bond donors (Lipinski definition) is 2. The third-order valence-electron chi connectivity index (χ3n) is 3.73. The van der Waals surface area contributed by atoms with Crippen molar-refractivity contribution < 1.29 is 12.9 Å². The predicted molar refractivity (Wildman–Crippen MR) is 106 cm³/mol. The number of aromatic nitrogens is 4. The number of rotatable bonds is 4. The lowest BCUT2D eigenvalue weighted by atomic mass is 9.96. The van der Waals surface area contributed by atoms with Crippen LogP contribution >= 0.6 is 11.6 Å². The van der Waals surface area contributed by atoms with Crippen LogP contribution in [0, 0.1) is 0 Å². The minimum Gasteiger partial charge on any atom is -0.383 e. The number of nitrogens with one attached hydrogen (secondary N) is 1. The van der Waals surface area contributed by atoms with Crippen molar-refractivity contribution in [1.82, 2.24) is 20.1 Å². The Morgan fingerprint density at radius 3 is 2.46 bits per heavy atom. The van der Waals surface area contributed by atoms with Crippen LogP contribution in [0.3, 0.4) is 0 Å². The zero-order chi connectivity index (χ0) is 20.7. The molecule has 148 valence electrons. The van der Waals surface area contributed by atoms with Gasteiger partial charge in [-0.05, 0) is 18.2 Å². The third-order valence-corrected chi connectivity index (χ3v) is 5.31. The van der Waals surface area contributed by atoms with Crippen molar-refractivity contribution in [3.8, 4) is 11.5 Å². The summed E-state index contributed by atoms with van der Waals surface area (Å²) in [6.07, 6.45) is 2.56. The number of nitrogens with zero attached hydrogens (tertiary/aromatic N) is 4. The highest BCUT2D eigenvalue weighted by Gasteiger charge is 2.23. The SMILES string of the molecule is CC(C)(C)c1noc(-c2cnc(Nc3ccc(S(C)(=O)=O)c(Cl)c3)nc2N)n1. The van der Waals surface area contributed by atoms with E-state index in [1.54, 1.807) is 6.07 Å². The van der Waals surface area contributed by atoms with E-state index in [1.807, 2.05) is 20.8 Å². The topological polar surface area (TPSA) is 137 Å². The molecule has 3 rings (SSSR count). The maximum Gasteiger partial charge on any atom is 0.263 e. The number of halogens is 1. The van der Waals surface area contributed by atoms with Gasteiger partial charge in [0.2, 0.25) is 5.95 Å².